The summed E-state index contributed by atoms with van der Waals surface area (Å²) in [6.45, 7) is 10.9. The van der Waals surface area contributed by atoms with Gasteiger partial charge in [0.15, 0.2) is 0 Å². The fourth-order valence-electron chi connectivity index (χ4n) is 8.01. The lowest BCUT2D eigenvalue weighted by molar-refractivity contribution is -0.143. The molecule has 1 aliphatic heterocycles. The zero-order valence-electron chi connectivity index (χ0n) is 23.9. The molecule has 0 unspecified atom stereocenters. The van der Waals surface area contributed by atoms with Gasteiger partial charge in [0.25, 0.3) is 0 Å². The lowest BCUT2D eigenvalue weighted by Crippen LogP contribution is -2.56. The highest BCUT2D eigenvalue weighted by atomic mass is 16.2. The van der Waals surface area contributed by atoms with E-state index in [9.17, 15) is 4.79 Å². The van der Waals surface area contributed by atoms with Crippen LogP contribution < -0.4 is 4.90 Å². The molecule has 3 nitrogen and oxygen atoms in total. The van der Waals surface area contributed by atoms with Gasteiger partial charge in [0.2, 0.25) is 5.91 Å². The highest BCUT2D eigenvalue weighted by Gasteiger charge is 2.55. The van der Waals surface area contributed by atoms with Crippen molar-refractivity contribution in [3.05, 3.63) is 66.2 Å². The third-order valence-corrected chi connectivity index (χ3v) is 9.22. The molecule has 5 aliphatic rings. The second kappa shape index (κ2) is 13.1. The van der Waals surface area contributed by atoms with Crippen LogP contribution in [0, 0.1) is 29.1 Å². The minimum atomic E-state index is -0.0871. The Kier molecular flexibility index (Phi) is 9.87. The maximum atomic E-state index is 14.3. The first-order chi connectivity index (χ1) is 18.2. The first kappa shape index (κ1) is 27.9. The van der Waals surface area contributed by atoms with Crippen LogP contribution in [0.3, 0.4) is 0 Å². The zero-order chi connectivity index (χ0) is 26.3. The Morgan fingerprint density at radius 1 is 0.784 bits per heavy atom. The van der Waals surface area contributed by atoms with Crippen molar-refractivity contribution in [1.29, 1.82) is 0 Å². The van der Waals surface area contributed by atoms with E-state index in [4.69, 9.17) is 0 Å². The number of para-hydroxylation sites is 1. The van der Waals surface area contributed by atoms with Gasteiger partial charge in [-0.1, -0.05) is 76.2 Å². The summed E-state index contributed by atoms with van der Waals surface area (Å²) >= 11 is 0. The highest BCUT2D eigenvalue weighted by molar-refractivity contribution is 5.97. The number of amides is 1. The maximum absolute atomic E-state index is 14.3. The van der Waals surface area contributed by atoms with Gasteiger partial charge in [0.1, 0.15) is 0 Å². The molecule has 4 aliphatic carbocycles. The number of rotatable bonds is 6. The molecule has 1 saturated heterocycles. The van der Waals surface area contributed by atoms with E-state index >= 15 is 0 Å². The van der Waals surface area contributed by atoms with Crippen molar-refractivity contribution in [2.75, 3.05) is 24.7 Å². The zero-order valence-corrected chi connectivity index (χ0v) is 23.9. The largest absolute Gasteiger partial charge is 0.298 e. The Hall–Kier alpha value is -2.13. The summed E-state index contributed by atoms with van der Waals surface area (Å²) in [5.41, 5.74) is 2.46. The van der Waals surface area contributed by atoms with Crippen molar-refractivity contribution >= 4 is 11.6 Å². The molecule has 0 spiro atoms. The van der Waals surface area contributed by atoms with Gasteiger partial charge in [0, 0.05) is 18.8 Å². The number of carbonyl (C=O) groups is 1. The highest BCUT2D eigenvalue weighted by Crippen LogP contribution is 2.60. The van der Waals surface area contributed by atoms with E-state index in [0.717, 1.165) is 68.4 Å². The summed E-state index contributed by atoms with van der Waals surface area (Å²) in [6.07, 6.45) is 11.2. The molecule has 2 aromatic carbocycles. The SMILES string of the molecule is CC.CC.O=C(N(CN1CCC(Cc2ccccc2)CC1)c1ccccc1)C12CC3CC(CC(C3)C1)C2. The van der Waals surface area contributed by atoms with Gasteiger partial charge in [0.05, 0.1) is 12.1 Å². The van der Waals surface area contributed by atoms with Gasteiger partial charge in [-0.05, 0) is 99.2 Å². The van der Waals surface area contributed by atoms with E-state index < -0.39 is 0 Å². The monoisotopic (exact) mass is 502 g/mol. The number of likely N-dealkylation sites (tertiary alicyclic amines) is 1. The molecule has 0 N–H and O–H groups in total. The maximum Gasteiger partial charge on any atom is 0.234 e. The first-order valence-electron chi connectivity index (χ1n) is 15.3. The van der Waals surface area contributed by atoms with Crippen molar-refractivity contribution in [1.82, 2.24) is 4.90 Å². The van der Waals surface area contributed by atoms with Gasteiger partial charge in [-0.25, -0.2) is 0 Å². The summed E-state index contributed by atoms with van der Waals surface area (Å²) in [4.78, 5) is 19.0. The molecular formula is C34H50N2O. The van der Waals surface area contributed by atoms with Crippen LogP contribution >= 0.6 is 0 Å². The van der Waals surface area contributed by atoms with Crippen LogP contribution in [-0.2, 0) is 11.2 Å². The number of hydrogen-bond donors (Lipinski definition) is 0. The lowest BCUT2D eigenvalue weighted by atomic mass is 9.49. The molecule has 1 heterocycles. The number of hydrogen-bond acceptors (Lipinski definition) is 2. The fraction of sp³-hybridized carbons (Fsp3) is 0.618. The molecule has 4 saturated carbocycles. The summed E-state index contributed by atoms with van der Waals surface area (Å²) in [5.74, 6) is 3.58. The predicted molar refractivity (Wildman–Crippen MR) is 157 cm³/mol. The van der Waals surface area contributed by atoms with Crippen LogP contribution in [0.25, 0.3) is 0 Å². The quantitative estimate of drug-likeness (QED) is 0.397. The van der Waals surface area contributed by atoms with Crippen LogP contribution in [0.1, 0.15) is 84.6 Å². The second-order valence-corrected chi connectivity index (χ2v) is 11.7. The Balaban J connectivity index is 0.000000765. The van der Waals surface area contributed by atoms with E-state index in [2.05, 4.69) is 70.5 Å². The minimum Gasteiger partial charge on any atom is -0.298 e. The van der Waals surface area contributed by atoms with Crippen LogP contribution in [0.4, 0.5) is 5.69 Å². The standard InChI is InChI=1S/C30H38N2O.2C2H6/c33-29(30-19-25-16-26(20-30)18-27(17-25)21-30)32(28-9-5-2-6-10-28)22-31-13-11-24(12-14-31)15-23-7-3-1-4-8-23;2*1-2/h1-10,24-27H,11-22H2;2*1-2H3. The number of anilines is 1. The van der Waals surface area contributed by atoms with Crippen molar-refractivity contribution in [2.24, 2.45) is 29.1 Å². The third kappa shape index (κ3) is 6.48. The third-order valence-electron chi connectivity index (χ3n) is 9.22. The molecule has 0 atom stereocenters. The average molecular weight is 503 g/mol. The van der Waals surface area contributed by atoms with Gasteiger partial charge in [-0.15, -0.1) is 0 Å². The predicted octanol–water partition coefficient (Wildman–Crippen LogP) is 8.20. The first-order valence-corrected chi connectivity index (χ1v) is 15.3. The Morgan fingerprint density at radius 3 is 1.78 bits per heavy atom. The van der Waals surface area contributed by atoms with E-state index in [0.29, 0.717) is 5.91 Å². The molecule has 202 valence electrons. The summed E-state index contributed by atoms with van der Waals surface area (Å²) in [6, 6.07) is 21.4. The molecule has 0 radical (unpaired) electrons. The lowest BCUT2D eigenvalue weighted by Gasteiger charge is -2.56. The average Bonchev–Trinajstić information content (AvgIpc) is 2.95. The van der Waals surface area contributed by atoms with Gasteiger partial charge in [-0.2, -0.15) is 0 Å². The Morgan fingerprint density at radius 2 is 1.27 bits per heavy atom. The van der Waals surface area contributed by atoms with Crippen molar-refractivity contribution in [3.63, 3.8) is 0 Å². The van der Waals surface area contributed by atoms with Crippen LogP contribution in [0.5, 0.6) is 0 Å². The van der Waals surface area contributed by atoms with E-state index in [-0.39, 0.29) is 5.41 Å². The topological polar surface area (TPSA) is 23.6 Å². The van der Waals surface area contributed by atoms with Crippen molar-refractivity contribution < 1.29 is 4.79 Å². The fourth-order valence-corrected chi connectivity index (χ4v) is 8.01. The smallest absolute Gasteiger partial charge is 0.234 e. The normalized spacial score (nSPS) is 28.5. The number of piperidine rings is 1. The summed E-state index contributed by atoms with van der Waals surface area (Å²) < 4.78 is 0. The summed E-state index contributed by atoms with van der Waals surface area (Å²) in [5, 5.41) is 0. The van der Waals surface area contributed by atoms with E-state index in [1.165, 1.54) is 44.1 Å². The molecule has 7 rings (SSSR count). The molecule has 5 fully saturated rings. The van der Waals surface area contributed by atoms with Crippen molar-refractivity contribution in [2.45, 2.75) is 85.5 Å². The number of nitrogens with zero attached hydrogens (tertiary/aromatic N) is 2. The molecule has 3 heteroatoms. The molecule has 0 aromatic heterocycles. The molecule has 37 heavy (non-hydrogen) atoms. The molecule has 4 bridgehead atoms. The van der Waals surface area contributed by atoms with Gasteiger partial charge < -0.3 is 0 Å². The van der Waals surface area contributed by atoms with Crippen LogP contribution in [-0.4, -0.2) is 30.6 Å². The van der Waals surface area contributed by atoms with E-state index in [1.54, 1.807) is 0 Å². The molecular weight excluding hydrogens is 452 g/mol. The van der Waals surface area contributed by atoms with Gasteiger partial charge >= 0.3 is 0 Å². The van der Waals surface area contributed by atoms with Crippen molar-refractivity contribution in [3.8, 4) is 0 Å². The van der Waals surface area contributed by atoms with Gasteiger partial charge in [-0.3, -0.25) is 14.6 Å². The Labute approximate surface area is 226 Å². The molecule has 1 amide bonds. The van der Waals surface area contributed by atoms with Crippen LogP contribution in [0.15, 0.2) is 60.7 Å². The molecule has 2 aromatic rings. The minimum absolute atomic E-state index is 0.0871. The Bertz CT molecular complexity index is 913. The second-order valence-electron chi connectivity index (χ2n) is 11.7. The summed E-state index contributed by atoms with van der Waals surface area (Å²) in [7, 11) is 0. The van der Waals surface area contributed by atoms with Crippen LogP contribution in [0.2, 0.25) is 0 Å². The van der Waals surface area contributed by atoms with E-state index in [1.807, 2.05) is 27.7 Å². The number of carbonyl (C=O) groups excluding carboxylic acids is 1. The number of benzene rings is 2.